The summed E-state index contributed by atoms with van der Waals surface area (Å²) in [5.41, 5.74) is 7.34. The maximum atomic E-state index is 14.1. The first-order chi connectivity index (χ1) is 21.0. The summed E-state index contributed by atoms with van der Waals surface area (Å²) in [5, 5.41) is 0.693. The Morgan fingerprint density at radius 3 is 2.60 bits per heavy atom. The third kappa shape index (κ3) is 5.26. The maximum Gasteiger partial charge on any atom is 0.271 e. The zero-order chi connectivity index (χ0) is 29.5. The molecular formula is C35H26BrClN2O3S. The summed E-state index contributed by atoms with van der Waals surface area (Å²) in [6, 6.07) is 29.5. The fourth-order valence-electron chi connectivity index (χ4n) is 5.81. The fourth-order valence-corrected chi connectivity index (χ4v) is 7.45. The lowest BCUT2D eigenvalue weighted by Gasteiger charge is -2.31. The molecule has 5 aromatic rings. The van der Waals surface area contributed by atoms with E-state index in [0.717, 1.165) is 62.3 Å². The molecule has 214 valence electrons. The highest BCUT2D eigenvalue weighted by atomic mass is 79.9. The van der Waals surface area contributed by atoms with Gasteiger partial charge in [0.1, 0.15) is 18.1 Å². The van der Waals surface area contributed by atoms with Crippen LogP contribution in [0.1, 0.15) is 40.3 Å². The summed E-state index contributed by atoms with van der Waals surface area (Å²) in [5.74, 6) is 1.48. The fraction of sp³-hybridized carbons (Fsp3) is 0.143. The molecule has 8 heteroatoms. The van der Waals surface area contributed by atoms with Gasteiger partial charge in [-0.2, -0.15) is 0 Å². The van der Waals surface area contributed by atoms with Crippen molar-refractivity contribution in [3.63, 3.8) is 0 Å². The van der Waals surface area contributed by atoms with E-state index in [4.69, 9.17) is 26.1 Å². The summed E-state index contributed by atoms with van der Waals surface area (Å²) in [4.78, 5) is 19.9. The second kappa shape index (κ2) is 11.6. The molecule has 2 heterocycles. The summed E-state index contributed by atoms with van der Waals surface area (Å²) in [6.07, 6.45) is 3.65. The van der Waals surface area contributed by atoms with E-state index in [1.807, 2.05) is 71.3 Å². The number of thiazole rings is 1. The van der Waals surface area contributed by atoms with Crippen molar-refractivity contribution in [1.82, 2.24) is 4.57 Å². The number of rotatable bonds is 6. The van der Waals surface area contributed by atoms with Crippen LogP contribution in [0.15, 0.2) is 111 Å². The first-order valence-electron chi connectivity index (χ1n) is 13.9. The van der Waals surface area contributed by atoms with Gasteiger partial charge < -0.3 is 9.47 Å². The van der Waals surface area contributed by atoms with Gasteiger partial charge >= 0.3 is 0 Å². The smallest absolute Gasteiger partial charge is 0.271 e. The molecule has 0 amide bonds. The highest BCUT2D eigenvalue weighted by Gasteiger charge is 2.34. The van der Waals surface area contributed by atoms with Crippen LogP contribution in [0.5, 0.6) is 11.5 Å². The molecule has 0 N–H and O–H groups in total. The summed E-state index contributed by atoms with van der Waals surface area (Å²) < 4.78 is 15.1. The predicted octanol–water partition coefficient (Wildman–Crippen LogP) is 7.32. The second-order valence-corrected chi connectivity index (χ2v) is 12.8. The summed E-state index contributed by atoms with van der Waals surface area (Å²) in [7, 11) is 1.68. The Morgan fingerprint density at radius 1 is 1.00 bits per heavy atom. The maximum absolute atomic E-state index is 14.1. The van der Waals surface area contributed by atoms with Crippen LogP contribution in [0.25, 0.3) is 11.8 Å². The largest absolute Gasteiger partial charge is 0.496 e. The highest BCUT2D eigenvalue weighted by Crippen LogP contribution is 2.43. The molecule has 0 saturated carbocycles. The average molecular weight is 670 g/mol. The van der Waals surface area contributed by atoms with Crippen molar-refractivity contribution in [2.24, 2.45) is 4.99 Å². The summed E-state index contributed by atoms with van der Waals surface area (Å²) in [6.45, 7) is 0.421. The third-order valence-electron chi connectivity index (χ3n) is 7.87. The van der Waals surface area contributed by atoms with E-state index in [-0.39, 0.29) is 11.6 Å². The van der Waals surface area contributed by atoms with Gasteiger partial charge in [0.25, 0.3) is 5.56 Å². The van der Waals surface area contributed by atoms with Crippen LogP contribution in [0, 0.1) is 0 Å². The highest BCUT2D eigenvalue weighted by molar-refractivity contribution is 9.10. The molecule has 0 spiro atoms. The molecule has 0 saturated heterocycles. The Labute approximate surface area is 266 Å². The number of aromatic nitrogens is 1. The van der Waals surface area contributed by atoms with Gasteiger partial charge in [-0.25, -0.2) is 4.99 Å². The molecule has 0 radical (unpaired) electrons. The number of hydrogen-bond acceptors (Lipinski definition) is 5. The lowest BCUT2D eigenvalue weighted by molar-refractivity contribution is 0.304. The molecule has 7 rings (SSSR count). The van der Waals surface area contributed by atoms with Gasteiger partial charge in [0, 0.05) is 16.1 Å². The van der Waals surface area contributed by atoms with Gasteiger partial charge in [0.05, 0.1) is 27.9 Å². The van der Waals surface area contributed by atoms with Crippen molar-refractivity contribution in [2.45, 2.75) is 25.5 Å². The molecule has 1 aliphatic carbocycles. The Bertz CT molecular complexity index is 2080. The van der Waals surface area contributed by atoms with E-state index < -0.39 is 0 Å². The molecule has 0 bridgehead atoms. The van der Waals surface area contributed by atoms with Gasteiger partial charge in [-0.15, -0.1) is 0 Å². The Hall–Kier alpha value is -3.91. The minimum Gasteiger partial charge on any atom is -0.496 e. The number of methoxy groups -OCH3 is 1. The van der Waals surface area contributed by atoms with E-state index in [2.05, 4.69) is 46.3 Å². The average Bonchev–Trinajstić information content (AvgIpc) is 3.34. The summed E-state index contributed by atoms with van der Waals surface area (Å²) >= 11 is 11.1. The van der Waals surface area contributed by atoms with Crippen LogP contribution in [-0.4, -0.2) is 11.7 Å². The minimum absolute atomic E-state index is 0.0655. The zero-order valence-corrected chi connectivity index (χ0v) is 26.4. The minimum atomic E-state index is -0.298. The number of benzene rings is 4. The molecular weight excluding hydrogens is 644 g/mol. The van der Waals surface area contributed by atoms with Crippen LogP contribution >= 0.6 is 38.9 Å². The SMILES string of the molecule is COc1ccccc1[C@@H]1C2=C(N=c3s/c(=C\c4ccc(OCc5ccc(Cl)cc5)c(Br)c4)c(=O)n31)c1ccccc1CC2. The van der Waals surface area contributed by atoms with Gasteiger partial charge in [0.2, 0.25) is 0 Å². The quantitative estimate of drug-likeness (QED) is 0.190. The topological polar surface area (TPSA) is 52.8 Å². The van der Waals surface area contributed by atoms with E-state index >= 15 is 0 Å². The van der Waals surface area contributed by atoms with Gasteiger partial charge in [-0.1, -0.05) is 83.6 Å². The van der Waals surface area contributed by atoms with Crippen LogP contribution in [-0.2, 0) is 13.0 Å². The number of para-hydroxylation sites is 1. The van der Waals surface area contributed by atoms with Crippen LogP contribution in [0.2, 0.25) is 5.02 Å². The molecule has 1 aliphatic heterocycles. The molecule has 5 nitrogen and oxygen atoms in total. The molecule has 0 fully saturated rings. The normalized spacial score (nSPS) is 15.8. The Morgan fingerprint density at radius 2 is 1.79 bits per heavy atom. The number of nitrogens with zero attached hydrogens (tertiary/aromatic N) is 2. The molecule has 43 heavy (non-hydrogen) atoms. The predicted molar refractivity (Wildman–Crippen MR) is 176 cm³/mol. The first kappa shape index (κ1) is 27.9. The van der Waals surface area contributed by atoms with Crippen molar-refractivity contribution in [3.05, 3.63) is 154 Å². The standard InChI is InChI=1S/C35H26BrClN2O3S/c1-41-29-9-5-4-8-26(29)33-27-16-13-23-6-2-3-7-25(23)32(27)38-35-39(33)34(40)31(43-35)19-22-12-17-30(28(36)18-22)42-20-21-10-14-24(37)15-11-21/h2-12,14-15,17-19,33H,13,16,20H2,1H3/b31-19-/t33-/m1/s1. The van der Waals surface area contributed by atoms with Gasteiger partial charge in [-0.05, 0) is 87.4 Å². The van der Waals surface area contributed by atoms with Crippen molar-refractivity contribution < 1.29 is 9.47 Å². The lowest BCUT2D eigenvalue weighted by atomic mass is 9.83. The number of fused-ring (bicyclic) bond motifs is 3. The van der Waals surface area contributed by atoms with Crippen molar-refractivity contribution in [2.75, 3.05) is 7.11 Å². The molecule has 0 unspecified atom stereocenters. The molecule has 1 aromatic heterocycles. The van der Waals surface area contributed by atoms with Gasteiger partial charge in [0.15, 0.2) is 4.80 Å². The van der Waals surface area contributed by atoms with E-state index in [1.54, 1.807) is 7.11 Å². The Kier molecular flexibility index (Phi) is 7.55. The second-order valence-electron chi connectivity index (χ2n) is 10.5. The van der Waals surface area contributed by atoms with Crippen molar-refractivity contribution in [3.8, 4) is 11.5 Å². The third-order valence-corrected chi connectivity index (χ3v) is 9.72. The van der Waals surface area contributed by atoms with E-state index in [0.29, 0.717) is 21.0 Å². The first-order valence-corrected chi connectivity index (χ1v) is 15.9. The number of allylic oxidation sites excluding steroid dienone is 1. The van der Waals surface area contributed by atoms with Crippen LogP contribution in [0.4, 0.5) is 0 Å². The number of hydrogen-bond donors (Lipinski definition) is 0. The molecule has 1 atom stereocenters. The monoisotopic (exact) mass is 668 g/mol. The van der Waals surface area contributed by atoms with Crippen LogP contribution in [0.3, 0.4) is 0 Å². The van der Waals surface area contributed by atoms with Crippen LogP contribution < -0.4 is 24.4 Å². The lowest BCUT2D eigenvalue weighted by Crippen LogP contribution is -2.39. The Balaban J connectivity index is 1.30. The molecule has 2 aliphatic rings. The molecule has 4 aromatic carbocycles. The zero-order valence-electron chi connectivity index (χ0n) is 23.2. The van der Waals surface area contributed by atoms with Crippen molar-refractivity contribution in [1.29, 1.82) is 0 Å². The number of halogens is 2. The van der Waals surface area contributed by atoms with E-state index in [9.17, 15) is 4.79 Å². The number of ether oxygens (including phenoxy) is 2. The van der Waals surface area contributed by atoms with Gasteiger partial charge in [-0.3, -0.25) is 9.36 Å². The van der Waals surface area contributed by atoms with Crippen molar-refractivity contribution >= 4 is 50.6 Å². The van der Waals surface area contributed by atoms with E-state index in [1.165, 1.54) is 16.9 Å². The number of aryl methyl sites for hydroxylation is 1.